The number of azo groups is 1. The molecule has 0 saturated carbocycles. The van der Waals surface area contributed by atoms with Crippen molar-refractivity contribution in [2.75, 3.05) is 0 Å². The summed E-state index contributed by atoms with van der Waals surface area (Å²) in [5.74, 6) is -0.386. The smallest absolute Gasteiger partial charge is 0.290 e. The second kappa shape index (κ2) is 9.35. The Bertz CT molecular complexity index is 1430. The maximum absolute atomic E-state index is 13.4. The van der Waals surface area contributed by atoms with Gasteiger partial charge in [-0.15, -0.1) is 5.11 Å². The third-order valence-electron chi connectivity index (χ3n) is 4.68. The summed E-state index contributed by atoms with van der Waals surface area (Å²) in [6.45, 7) is 1.96. The molecule has 0 aliphatic rings. The summed E-state index contributed by atoms with van der Waals surface area (Å²) in [5.41, 5.74) is 1.89. The maximum Gasteiger partial charge on any atom is 0.290 e. The predicted octanol–water partition coefficient (Wildman–Crippen LogP) is 7.05. The fraction of sp³-hybridized carbons (Fsp3) is 0.0435. The molecule has 0 aliphatic heterocycles. The van der Waals surface area contributed by atoms with Crippen LogP contribution >= 0.6 is 46.4 Å². The van der Waals surface area contributed by atoms with Crippen molar-refractivity contribution in [1.82, 2.24) is 9.13 Å². The molecule has 0 radical (unpaired) electrons. The summed E-state index contributed by atoms with van der Waals surface area (Å²) in [5, 5.41) is 19.8. The lowest BCUT2D eigenvalue weighted by atomic mass is 10.2. The highest BCUT2D eigenvalue weighted by Crippen LogP contribution is 2.29. The minimum Gasteiger partial charge on any atom is -0.492 e. The second-order valence-corrected chi connectivity index (χ2v) is 8.97. The highest BCUT2D eigenvalue weighted by molar-refractivity contribution is 14.1. The first kappa shape index (κ1) is 22.4. The van der Waals surface area contributed by atoms with Crippen LogP contribution in [0, 0.1) is 15.3 Å². The van der Waals surface area contributed by atoms with Gasteiger partial charge in [0, 0.05) is 8.59 Å². The van der Waals surface area contributed by atoms with E-state index in [9.17, 15) is 9.90 Å². The van der Waals surface area contributed by atoms with Gasteiger partial charge in [-0.3, -0.25) is 13.9 Å². The van der Waals surface area contributed by atoms with Gasteiger partial charge in [0.1, 0.15) is 0 Å². The number of benzene rings is 3. The van der Waals surface area contributed by atoms with Crippen molar-refractivity contribution in [3.05, 3.63) is 102 Å². The molecule has 0 unspecified atom stereocenters. The molecule has 4 aromatic rings. The van der Waals surface area contributed by atoms with E-state index in [2.05, 4.69) is 32.8 Å². The van der Waals surface area contributed by atoms with E-state index in [0.717, 1.165) is 9.13 Å². The van der Waals surface area contributed by atoms with Crippen molar-refractivity contribution in [3.8, 4) is 17.3 Å². The van der Waals surface area contributed by atoms with Gasteiger partial charge in [-0.05, 0) is 102 Å². The number of aryl methyl sites for hydroxylation is 1. The van der Waals surface area contributed by atoms with Gasteiger partial charge in [0.25, 0.3) is 5.56 Å². The molecule has 0 saturated heterocycles. The fourth-order valence-corrected chi connectivity index (χ4v) is 3.90. The van der Waals surface area contributed by atoms with Crippen LogP contribution in [0.5, 0.6) is 5.88 Å². The van der Waals surface area contributed by atoms with Crippen LogP contribution in [0.2, 0.25) is 5.02 Å². The number of aromatic hydroxyl groups is 1. The van der Waals surface area contributed by atoms with Crippen LogP contribution in [-0.4, -0.2) is 14.2 Å². The summed E-state index contributed by atoms with van der Waals surface area (Å²) in [6, 6.07) is 21.4. The molecule has 0 amide bonds. The van der Waals surface area contributed by atoms with Crippen molar-refractivity contribution < 1.29 is 5.11 Å². The lowest BCUT2D eigenvalue weighted by molar-refractivity contribution is 0.432. The van der Waals surface area contributed by atoms with Crippen LogP contribution < -0.4 is 5.56 Å². The molecular formula is C23H16ClIN4O2S. The topological polar surface area (TPSA) is 71.9 Å². The zero-order chi connectivity index (χ0) is 22.8. The maximum atomic E-state index is 13.4. The van der Waals surface area contributed by atoms with E-state index >= 15 is 0 Å². The highest BCUT2D eigenvalue weighted by atomic mass is 127. The lowest BCUT2D eigenvalue weighted by Crippen LogP contribution is -2.23. The van der Waals surface area contributed by atoms with Crippen molar-refractivity contribution in [1.29, 1.82) is 0 Å². The number of hydrogen-bond acceptors (Lipinski definition) is 5. The normalized spacial score (nSPS) is 11.2. The largest absolute Gasteiger partial charge is 0.492 e. The molecule has 0 bridgehead atoms. The third kappa shape index (κ3) is 4.52. The first-order valence-corrected chi connectivity index (χ1v) is 11.3. The molecule has 6 nitrogen and oxygen atoms in total. The average molecular weight is 575 g/mol. The Hall–Kier alpha value is -2.82. The summed E-state index contributed by atoms with van der Waals surface area (Å²) >= 11 is 13.7. The molecule has 4 rings (SSSR count). The van der Waals surface area contributed by atoms with Crippen LogP contribution in [0.15, 0.2) is 87.8 Å². The van der Waals surface area contributed by atoms with E-state index in [1.54, 1.807) is 36.4 Å². The molecule has 3 aromatic carbocycles. The Labute approximate surface area is 207 Å². The summed E-state index contributed by atoms with van der Waals surface area (Å²) in [4.78, 5) is 13.4. The predicted molar refractivity (Wildman–Crippen MR) is 137 cm³/mol. The summed E-state index contributed by atoms with van der Waals surface area (Å²) < 4.78 is 3.87. The zero-order valence-electron chi connectivity index (χ0n) is 16.7. The molecule has 0 fully saturated rings. The van der Waals surface area contributed by atoms with E-state index in [0.29, 0.717) is 22.1 Å². The van der Waals surface area contributed by atoms with Gasteiger partial charge in [0.05, 0.1) is 17.1 Å². The van der Waals surface area contributed by atoms with Gasteiger partial charge in [-0.1, -0.05) is 29.3 Å². The Morgan fingerprint density at radius 2 is 1.44 bits per heavy atom. The van der Waals surface area contributed by atoms with Gasteiger partial charge in [0.15, 0.2) is 4.77 Å². The Balaban J connectivity index is 1.99. The first-order valence-electron chi connectivity index (χ1n) is 9.46. The molecule has 1 N–H and O–H groups in total. The number of nitrogens with zero attached hydrogens (tertiary/aromatic N) is 4. The van der Waals surface area contributed by atoms with Crippen molar-refractivity contribution >= 4 is 57.8 Å². The molecular weight excluding hydrogens is 559 g/mol. The average Bonchev–Trinajstić information content (AvgIpc) is 2.77. The van der Waals surface area contributed by atoms with E-state index < -0.39 is 5.56 Å². The first-order chi connectivity index (χ1) is 15.3. The third-order valence-corrected chi connectivity index (χ3v) is 6.02. The molecule has 9 heteroatoms. The van der Waals surface area contributed by atoms with E-state index in [4.69, 9.17) is 23.8 Å². The molecule has 0 spiro atoms. The minimum absolute atomic E-state index is 0.114. The summed E-state index contributed by atoms with van der Waals surface area (Å²) in [7, 11) is 0. The van der Waals surface area contributed by atoms with E-state index in [-0.39, 0.29) is 16.3 Å². The van der Waals surface area contributed by atoms with E-state index in [1.165, 1.54) is 9.13 Å². The molecule has 0 atom stereocenters. The second-order valence-electron chi connectivity index (χ2n) is 6.92. The number of hydrogen-bond donors (Lipinski definition) is 1. The van der Waals surface area contributed by atoms with Crippen LogP contribution in [0.25, 0.3) is 11.4 Å². The Morgan fingerprint density at radius 1 is 0.875 bits per heavy atom. The molecule has 0 aliphatic carbocycles. The molecule has 1 aromatic heterocycles. The van der Waals surface area contributed by atoms with Gasteiger partial charge >= 0.3 is 0 Å². The Kier molecular flexibility index (Phi) is 6.54. The number of rotatable bonds is 4. The van der Waals surface area contributed by atoms with Gasteiger partial charge in [0.2, 0.25) is 11.6 Å². The molecule has 160 valence electrons. The fourth-order valence-electron chi connectivity index (χ4n) is 3.03. The zero-order valence-corrected chi connectivity index (χ0v) is 20.5. The molecule has 1 heterocycles. The molecule has 32 heavy (non-hydrogen) atoms. The number of aromatic nitrogens is 2. The van der Waals surface area contributed by atoms with Crippen molar-refractivity contribution in [3.63, 3.8) is 0 Å². The van der Waals surface area contributed by atoms with Crippen LogP contribution in [0.3, 0.4) is 0 Å². The highest BCUT2D eigenvalue weighted by Gasteiger charge is 2.19. The minimum atomic E-state index is -0.574. The Morgan fingerprint density at radius 3 is 2.06 bits per heavy atom. The number of halogens is 2. The van der Waals surface area contributed by atoms with Gasteiger partial charge < -0.3 is 5.11 Å². The quantitative estimate of drug-likeness (QED) is 0.161. The van der Waals surface area contributed by atoms with Crippen molar-refractivity contribution in [2.45, 2.75) is 6.92 Å². The van der Waals surface area contributed by atoms with Crippen molar-refractivity contribution in [2.24, 2.45) is 10.2 Å². The SMILES string of the molecule is Cc1ccc(-n2c(O)c(N=Nc3ccc(Cl)cc3)c(=O)n(-c3ccc(I)cc3)c2=S)cc1. The van der Waals surface area contributed by atoms with Crippen LogP contribution in [-0.2, 0) is 0 Å². The van der Waals surface area contributed by atoms with Gasteiger partial charge in [-0.25, -0.2) is 0 Å². The van der Waals surface area contributed by atoms with E-state index in [1.807, 2.05) is 43.3 Å². The van der Waals surface area contributed by atoms with Crippen LogP contribution in [0.4, 0.5) is 11.4 Å². The van der Waals surface area contributed by atoms with Gasteiger partial charge in [-0.2, -0.15) is 5.11 Å². The monoisotopic (exact) mass is 574 g/mol. The summed E-state index contributed by atoms with van der Waals surface area (Å²) in [6.07, 6.45) is 0. The van der Waals surface area contributed by atoms with Crippen LogP contribution in [0.1, 0.15) is 5.56 Å². The standard InChI is InChI=1S/C23H16ClIN4O2S/c1-14-2-10-18(11-3-14)28-21(30)20(27-26-17-8-4-15(24)5-9-17)22(31)29(23(28)32)19-12-6-16(25)7-13-19/h2-13,30H,1H3. The lowest BCUT2D eigenvalue weighted by Gasteiger charge is -2.16.